The van der Waals surface area contributed by atoms with Gasteiger partial charge in [0.25, 0.3) is 0 Å². The Morgan fingerprint density at radius 3 is 2.62 bits per heavy atom. The summed E-state index contributed by atoms with van der Waals surface area (Å²) in [5.74, 6) is 2.48. The summed E-state index contributed by atoms with van der Waals surface area (Å²) in [5, 5.41) is 3.01. The number of H-pyrrole nitrogens is 1. The Labute approximate surface area is 152 Å². The molecule has 26 heavy (non-hydrogen) atoms. The molecule has 0 fully saturated rings. The number of rotatable bonds is 4. The second-order valence-electron chi connectivity index (χ2n) is 6.62. The van der Waals surface area contributed by atoms with Crippen molar-refractivity contribution in [3.8, 4) is 11.5 Å². The monoisotopic (exact) mass is 347 g/mol. The molecule has 0 bridgehead atoms. The van der Waals surface area contributed by atoms with Gasteiger partial charge in [-0.1, -0.05) is 18.2 Å². The molecular weight excluding hydrogens is 326 g/mol. The first-order valence-electron chi connectivity index (χ1n) is 8.85. The zero-order valence-corrected chi connectivity index (χ0v) is 14.7. The third kappa shape index (κ3) is 3.61. The van der Waals surface area contributed by atoms with E-state index in [-0.39, 0.29) is 11.8 Å². The Balaban J connectivity index is 1.37. The van der Waals surface area contributed by atoms with Crippen molar-refractivity contribution >= 4 is 11.6 Å². The number of anilines is 1. The smallest absolute Gasteiger partial charge is 0.227 e. The molecule has 3 aromatic rings. The molecule has 132 valence electrons. The molecule has 5 heteroatoms. The average Bonchev–Trinajstić information content (AvgIpc) is 3.03. The second-order valence-corrected chi connectivity index (χ2v) is 6.62. The molecule has 1 heterocycles. The van der Waals surface area contributed by atoms with Crippen LogP contribution in [0.4, 0.5) is 5.69 Å². The van der Waals surface area contributed by atoms with Gasteiger partial charge in [0.1, 0.15) is 17.3 Å². The Morgan fingerprint density at radius 2 is 1.85 bits per heavy atom. The molecule has 1 aromatic heterocycles. The number of fused-ring (bicyclic) bond motifs is 1. The predicted octanol–water partition coefficient (Wildman–Crippen LogP) is 4.25. The lowest BCUT2D eigenvalue weighted by atomic mass is 9.89. The van der Waals surface area contributed by atoms with E-state index >= 15 is 0 Å². The van der Waals surface area contributed by atoms with Gasteiger partial charge in [-0.2, -0.15) is 0 Å². The fourth-order valence-electron chi connectivity index (χ4n) is 3.32. The molecule has 0 saturated heterocycles. The topological polar surface area (TPSA) is 67.0 Å². The van der Waals surface area contributed by atoms with Crippen molar-refractivity contribution in [2.24, 2.45) is 5.92 Å². The maximum absolute atomic E-state index is 12.6. The Hall–Kier alpha value is -3.08. The summed E-state index contributed by atoms with van der Waals surface area (Å²) in [5.41, 5.74) is 2.98. The highest BCUT2D eigenvalue weighted by atomic mass is 16.5. The van der Waals surface area contributed by atoms with Crippen molar-refractivity contribution in [1.29, 1.82) is 0 Å². The molecule has 0 radical (unpaired) electrons. The van der Waals surface area contributed by atoms with Gasteiger partial charge in [0.05, 0.1) is 5.69 Å². The van der Waals surface area contributed by atoms with Gasteiger partial charge in [-0.15, -0.1) is 0 Å². The van der Waals surface area contributed by atoms with Crippen LogP contribution < -0.4 is 10.1 Å². The summed E-state index contributed by atoms with van der Waals surface area (Å²) >= 11 is 0. The van der Waals surface area contributed by atoms with Crippen molar-refractivity contribution in [1.82, 2.24) is 9.97 Å². The number of imidazole rings is 1. The summed E-state index contributed by atoms with van der Waals surface area (Å²) in [6.07, 6.45) is 2.40. The van der Waals surface area contributed by atoms with Crippen molar-refractivity contribution in [3.63, 3.8) is 0 Å². The van der Waals surface area contributed by atoms with Gasteiger partial charge in [-0.05, 0) is 56.2 Å². The first kappa shape index (κ1) is 16.4. The Kier molecular flexibility index (Phi) is 4.44. The SMILES string of the molecule is Cc1nc2c([nH]1)CC(C(=O)Nc1ccc(Oc3ccccc3)cc1)CC2. The van der Waals surface area contributed by atoms with Crippen LogP contribution in [0.3, 0.4) is 0 Å². The van der Waals surface area contributed by atoms with E-state index in [0.717, 1.165) is 53.7 Å². The van der Waals surface area contributed by atoms with Gasteiger partial charge in [0.2, 0.25) is 5.91 Å². The lowest BCUT2D eigenvalue weighted by Crippen LogP contribution is -2.28. The molecule has 1 aliphatic carbocycles. The van der Waals surface area contributed by atoms with Gasteiger partial charge >= 0.3 is 0 Å². The number of nitrogens with one attached hydrogen (secondary N) is 2. The molecular formula is C21H21N3O2. The van der Waals surface area contributed by atoms with E-state index in [1.165, 1.54) is 0 Å². The highest BCUT2D eigenvalue weighted by molar-refractivity contribution is 5.92. The average molecular weight is 347 g/mol. The number of carbonyl (C=O) groups excluding carboxylic acids is 1. The van der Waals surface area contributed by atoms with Crippen LogP contribution in [0.15, 0.2) is 54.6 Å². The van der Waals surface area contributed by atoms with Crippen LogP contribution in [-0.4, -0.2) is 15.9 Å². The summed E-state index contributed by atoms with van der Waals surface area (Å²) in [4.78, 5) is 20.3. The molecule has 0 aliphatic heterocycles. The van der Waals surface area contributed by atoms with Crippen LogP contribution in [0, 0.1) is 12.8 Å². The van der Waals surface area contributed by atoms with Crippen LogP contribution in [0.2, 0.25) is 0 Å². The number of carbonyl (C=O) groups is 1. The normalized spacial score (nSPS) is 16.0. The number of para-hydroxylation sites is 1. The van der Waals surface area contributed by atoms with Gasteiger partial charge in [-0.3, -0.25) is 4.79 Å². The van der Waals surface area contributed by atoms with E-state index in [2.05, 4.69) is 15.3 Å². The first-order chi connectivity index (χ1) is 12.7. The molecule has 4 rings (SSSR count). The fraction of sp³-hybridized carbons (Fsp3) is 0.238. The largest absolute Gasteiger partial charge is 0.457 e. The van der Waals surface area contributed by atoms with Gasteiger partial charge in [0, 0.05) is 23.7 Å². The van der Waals surface area contributed by atoms with Gasteiger partial charge in [-0.25, -0.2) is 4.98 Å². The van der Waals surface area contributed by atoms with E-state index in [9.17, 15) is 4.79 Å². The summed E-state index contributed by atoms with van der Waals surface area (Å²) in [6, 6.07) is 17.1. The number of aryl methyl sites for hydroxylation is 2. The molecule has 1 atom stereocenters. The third-order valence-electron chi connectivity index (χ3n) is 4.63. The summed E-state index contributed by atoms with van der Waals surface area (Å²) < 4.78 is 5.77. The Morgan fingerprint density at radius 1 is 1.12 bits per heavy atom. The molecule has 0 spiro atoms. The zero-order chi connectivity index (χ0) is 17.9. The maximum Gasteiger partial charge on any atom is 0.227 e. The quantitative estimate of drug-likeness (QED) is 0.741. The number of hydrogen-bond acceptors (Lipinski definition) is 3. The van der Waals surface area contributed by atoms with E-state index in [1.807, 2.05) is 61.5 Å². The van der Waals surface area contributed by atoms with Gasteiger partial charge in [0.15, 0.2) is 0 Å². The number of aromatic amines is 1. The predicted molar refractivity (Wildman–Crippen MR) is 100 cm³/mol. The number of aromatic nitrogens is 2. The first-order valence-corrected chi connectivity index (χ1v) is 8.85. The van der Waals surface area contributed by atoms with E-state index in [1.54, 1.807) is 0 Å². The molecule has 2 N–H and O–H groups in total. The van der Waals surface area contributed by atoms with Crippen LogP contribution in [-0.2, 0) is 17.6 Å². The van der Waals surface area contributed by atoms with Crippen molar-refractivity contribution in [2.75, 3.05) is 5.32 Å². The summed E-state index contributed by atoms with van der Waals surface area (Å²) in [7, 11) is 0. The second kappa shape index (κ2) is 7.04. The minimum absolute atomic E-state index is 0.0254. The maximum atomic E-state index is 12.6. The molecule has 2 aromatic carbocycles. The lowest BCUT2D eigenvalue weighted by Gasteiger charge is -2.20. The number of benzene rings is 2. The van der Waals surface area contributed by atoms with Crippen molar-refractivity contribution in [2.45, 2.75) is 26.2 Å². The van der Waals surface area contributed by atoms with Crippen molar-refractivity contribution in [3.05, 3.63) is 71.8 Å². The third-order valence-corrected chi connectivity index (χ3v) is 4.63. The molecule has 5 nitrogen and oxygen atoms in total. The number of hydrogen-bond donors (Lipinski definition) is 2. The standard InChI is InChI=1S/C21H21N3O2/c1-14-22-19-12-7-15(13-20(19)23-14)21(25)24-16-8-10-18(11-9-16)26-17-5-3-2-4-6-17/h2-6,8-11,15H,7,12-13H2,1H3,(H,22,23)(H,24,25). The van der Waals surface area contributed by atoms with E-state index < -0.39 is 0 Å². The van der Waals surface area contributed by atoms with Crippen molar-refractivity contribution < 1.29 is 9.53 Å². The van der Waals surface area contributed by atoms with Crippen LogP contribution >= 0.6 is 0 Å². The van der Waals surface area contributed by atoms with E-state index in [4.69, 9.17) is 4.74 Å². The fourth-order valence-corrected chi connectivity index (χ4v) is 3.32. The number of ether oxygens (including phenoxy) is 1. The molecule has 1 unspecified atom stereocenters. The van der Waals surface area contributed by atoms with Crippen LogP contribution in [0.5, 0.6) is 11.5 Å². The molecule has 1 amide bonds. The highest BCUT2D eigenvalue weighted by Crippen LogP contribution is 2.26. The Bertz CT molecular complexity index is 901. The number of nitrogens with zero attached hydrogens (tertiary/aromatic N) is 1. The van der Waals surface area contributed by atoms with Crippen LogP contribution in [0.25, 0.3) is 0 Å². The summed E-state index contributed by atoms with van der Waals surface area (Å²) in [6.45, 7) is 1.95. The van der Waals surface area contributed by atoms with Crippen LogP contribution in [0.1, 0.15) is 23.6 Å². The zero-order valence-electron chi connectivity index (χ0n) is 14.7. The minimum Gasteiger partial charge on any atom is -0.457 e. The number of amides is 1. The molecule has 0 saturated carbocycles. The minimum atomic E-state index is -0.0254. The lowest BCUT2D eigenvalue weighted by molar-refractivity contribution is -0.120. The van der Waals surface area contributed by atoms with Gasteiger partial charge < -0.3 is 15.0 Å². The highest BCUT2D eigenvalue weighted by Gasteiger charge is 2.26. The van der Waals surface area contributed by atoms with E-state index in [0.29, 0.717) is 0 Å². The molecule has 1 aliphatic rings.